The number of hydrogen-bond acceptors (Lipinski definition) is 4. The van der Waals surface area contributed by atoms with Gasteiger partial charge in [0.05, 0.1) is 7.11 Å². The lowest BCUT2D eigenvalue weighted by Gasteiger charge is -2.22. The van der Waals surface area contributed by atoms with Gasteiger partial charge >= 0.3 is 0 Å². The third-order valence-corrected chi connectivity index (χ3v) is 2.58. The fourth-order valence-electron chi connectivity index (χ4n) is 1.63. The molecule has 0 radical (unpaired) electrons. The maximum absolute atomic E-state index is 5.22. The molecular weight excluding hydrogens is 214 g/mol. The van der Waals surface area contributed by atoms with Crippen molar-refractivity contribution in [2.45, 2.75) is 45.6 Å². The molecule has 1 aromatic heterocycles. The van der Waals surface area contributed by atoms with Crippen LogP contribution in [0.15, 0.2) is 12.4 Å². The predicted octanol–water partition coefficient (Wildman–Crippen LogP) is 2.37. The van der Waals surface area contributed by atoms with Crippen LogP contribution in [0.4, 0.5) is 0 Å². The number of rotatable bonds is 5. The minimum atomic E-state index is 0.159. The third-order valence-electron chi connectivity index (χ3n) is 2.58. The van der Waals surface area contributed by atoms with Gasteiger partial charge in [0.2, 0.25) is 5.88 Å². The van der Waals surface area contributed by atoms with Crippen LogP contribution in [0.2, 0.25) is 0 Å². The van der Waals surface area contributed by atoms with Gasteiger partial charge in [-0.1, -0.05) is 6.92 Å². The van der Waals surface area contributed by atoms with Gasteiger partial charge in [-0.25, -0.2) is 4.98 Å². The average molecular weight is 237 g/mol. The second-order valence-corrected chi connectivity index (χ2v) is 5.32. The number of ether oxygens (including phenoxy) is 1. The van der Waals surface area contributed by atoms with E-state index in [0.717, 1.165) is 18.7 Å². The standard InChI is InChI=1S/C13H23N3O/c1-10(6-7-16-13(2,3)4)11-12(17-5)15-9-8-14-11/h8-10,16H,6-7H2,1-5H3. The van der Waals surface area contributed by atoms with E-state index in [1.165, 1.54) is 0 Å². The Balaban J connectivity index is 2.55. The summed E-state index contributed by atoms with van der Waals surface area (Å²) in [6, 6.07) is 0. The molecule has 0 saturated heterocycles. The molecule has 0 amide bonds. The van der Waals surface area contributed by atoms with Gasteiger partial charge in [0.25, 0.3) is 0 Å². The van der Waals surface area contributed by atoms with Gasteiger partial charge in [-0.05, 0) is 33.7 Å². The molecule has 4 nitrogen and oxygen atoms in total. The van der Waals surface area contributed by atoms with E-state index in [-0.39, 0.29) is 5.54 Å². The van der Waals surface area contributed by atoms with Gasteiger partial charge in [-0.2, -0.15) is 0 Å². The molecule has 1 rings (SSSR count). The molecule has 1 heterocycles. The Kier molecular flexibility index (Phi) is 4.87. The fraction of sp³-hybridized carbons (Fsp3) is 0.692. The average Bonchev–Trinajstić information content (AvgIpc) is 2.27. The van der Waals surface area contributed by atoms with E-state index in [4.69, 9.17) is 4.74 Å². The highest BCUT2D eigenvalue weighted by molar-refractivity contribution is 5.20. The lowest BCUT2D eigenvalue weighted by Crippen LogP contribution is -2.36. The van der Waals surface area contributed by atoms with Crippen molar-refractivity contribution in [3.8, 4) is 5.88 Å². The van der Waals surface area contributed by atoms with Crippen molar-refractivity contribution in [3.05, 3.63) is 18.1 Å². The summed E-state index contributed by atoms with van der Waals surface area (Å²) < 4.78 is 5.22. The topological polar surface area (TPSA) is 47.0 Å². The van der Waals surface area contributed by atoms with E-state index >= 15 is 0 Å². The second-order valence-electron chi connectivity index (χ2n) is 5.32. The van der Waals surface area contributed by atoms with Gasteiger partial charge in [-0.15, -0.1) is 0 Å². The van der Waals surface area contributed by atoms with Crippen LogP contribution in [0, 0.1) is 0 Å². The summed E-state index contributed by atoms with van der Waals surface area (Å²) in [5.74, 6) is 0.976. The fourth-order valence-corrected chi connectivity index (χ4v) is 1.63. The van der Waals surface area contributed by atoms with Gasteiger partial charge in [0.15, 0.2) is 0 Å². The van der Waals surface area contributed by atoms with Crippen molar-refractivity contribution in [2.75, 3.05) is 13.7 Å². The summed E-state index contributed by atoms with van der Waals surface area (Å²) >= 11 is 0. The van der Waals surface area contributed by atoms with Crippen LogP contribution >= 0.6 is 0 Å². The molecule has 0 aromatic carbocycles. The molecule has 1 atom stereocenters. The molecule has 4 heteroatoms. The van der Waals surface area contributed by atoms with Crippen LogP contribution < -0.4 is 10.1 Å². The summed E-state index contributed by atoms with van der Waals surface area (Å²) in [5, 5.41) is 3.47. The lowest BCUT2D eigenvalue weighted by molar-refractivity contribution is 0.378. The summed E-state index contributed by atoms with van der Waals surface area (Å²) in [7, 11) is 1.63. The Morgan fingerprint density at radius 1 is 1.29 bits per heavy atom. The van der Waals surface area contributed by atoms with Gasteiger partial charge < -0.3 is 10.1 Å². The molecule has 1 N–H and O–H groups in total. The van der Waals surface area contributed by atoms with Crippen LogP contribution in [-0.2, 0) is 0 Å². The number of hydrogen-bond donors (Lipinski definition) is 1. The zero-order chi connectivity index (χ0) is 12.9. The molecule has 1 unspecified atom stereocenters. The normalized spacial score (nSPS) is 13.5. The zero-order valence-corrected chi connectivity index (χ0v) is 11.4. The first kappa shape index (κ1) is 13.9. The van der Waals surface area contributed by atoms with Crippen LogP contribution in [0.3, 0.4) is 0 Å². The summed E-state index contributed by atoms with van der Waals surface area (Å²) in [6.07, 6.45) is 4.39. The summed E-state index contributed by atoms with van der Waals surface area (Å²) in [5.41, 5.74) is 1.09. The van der Waals surface area contributed by atoms with Crippen LogP contribution in [0.25, 0.3) is 0 Å². The maximum Gasteiger partial charge on any atom is 0.235 e. The molecule has 0 fully saturated rings. The first-order chi connectivity index (χ1) is 7.94. The van der Waals surface area contributed by atoms with Crippen molar-refractivity contribution in [1.29, 1.82) is 0 Å². The lowest BCUT2D eigenvalue weighted by atomic mass is 10.0. The van der Waals surface area contributed by atoms with Crippen molar-refractivity contribution in [2.24, 2.45) is 0 Å². The van der Waals surface area contributed by atoms with E-state index in [1.807, 2.05) is 0 Å². The van der Waals surface area contributed by atoms with E-state index in [1.54, 1.807) is 19.5 Å². The smallest absolute Gasteiger partial charge is 0.235 e. The van der Waals surface area contributed by atoms with Crippen LogP contribution in [0.5, 0.6) is 5.88 Å². The first-order valence-electron chi connectivity index (χ1n) is 6.04. The number of methoxy groups -OCH3 is 1. The van der Waals surface area contributed by atoms with Crippen LogP contribution in [-0.4, -0.2) is 29.2 Å². The summed E-state index contributed by atoms with van der Waals surface area (Å²) in [6.45, 7) is 9.61. The largest absolute Gasteiger partial charge is 0.480 e. The highest BCUT2D eigenvalue weighted by Crippen LogP contribution is 2.23. The Morgan fingerprint density at radius 3 is 2.53 bits per heavy atom. The molecule has 0 bridgehead atoms. The number of aromatic nitrogens is 2. The Bertz CT molecular complexity index is 347. The highest BCUT2D eigenvalue weighted by Gasteiger charge is 2.15. The first-order valence-corrected chi connectivity index (χ1v) is 6.04. The number of nitrogens with one attached hydrogen (secondary N) is 1. The monoisotopic (exact) mass is 237 g/mol. The van der Waals surface area contributed by atoms with E-state index in [9.17, 15) is 0 Å². The highest BCUT2D eigenvalue weighted by atomic mass is 16.5. The van der Waals surface area contributed by atoms with Crippen LogP contribution in [0.1, 0.15) is 45.7 Å². The second kappa shape index (κ2) is 5.96. The molecular formula is C13H23N3O. The molecule has 0 saturated carbocycles. The Labute approximate surface area is 104 Å². The SMILES string of the molecule is COc1nccnc1C(C)CCNC(C)(C)C. The Morgan fingerprint density at radius 2 is 1.94 bits per heavy atom. The van der Waals surface area contributed by atoms with Crippen molar-refractivity contribution < 1.29 is 4.74 Å². The molecule has 0 aliphatic carbocycles. The molecule has 17 heavy (non-hydrogen) atoms. The minimum absolute atomic E-state index is 0.159. The van der Waals surface area contributed by atoms with Crippen molar-refractivity contribution >= 4 is 0 Å². The van der Waals surface area contributed by atoms with Crippen molar-refractivity contribution in [3.63, 3.8) is 0 Å². The Hall–Kier alpha value is -1.16. The van der Waals surface area contributed by atoms with Gasteiger partial charge in [0, 0.05) is 23.9 Å². The third kappa shape index (κ3) is 4.69. The summed E-state index contributed by atoms with van der Waals surface area (Å²) in [4.78, 5) is 8.52. The quantitative estimate of drug-likeness (QED) is 0.854. The minimum Gasteiger partial charge on any atom is -0.480 e. The zero-order valence-electron chi connectivity index (χ0n) is 11.4. The molecule has 0 aliphatic rings. The molecule has 96 valence electrons. The van der Waals surface area contributed by atoms with E-state index < -0.39 is 0 Å². The molecule has 0 spiro atoms. The molecule has 0 aliphatic heterocycles. The van der Waals surface area contributed by atoms with Gasteiger partial charge in [-0.3, -0.25) is 4.98 Å². The van der Waals surface area contributed by atoms with Crippen molar-refractivity contribution in [1.82, 2.24) is 15.3 Å². The predicted molar refractivity (Wildman–Crippen MR) is 69.4 cm³/mol. The van der Waals surface area contributed by atoms with E-state index in [2.05, 4.69) is 43.0 Å². The molecule has 1 aromatic rings. The number of nitrogens with zero attached hydrogens (tertiary/aromatic N) is 2. The van der Waals surface area contributed by atoms with Gasteiger partial charge in [0.1, 0.15) is 5.69 Å². The van der Waals surface area contributed by atoms with E-state index in [0.29, 0.717) is 11.8 Å². The maximum atomic E-state index is 5.22.